The zero-order valence-corrected chi connectivity index (χ0v) is 14.3. The van der Waals surface area contributed by atoms with Gasteiger partial charge >= 0.3 is 0 Å². The lowest BCUT2D eigenvalue weighted by molar-refractivity contribution is 0.654. The van der Waals surface area contributed by atoms with E-state index in [1.165, 1.54) is 0 Å². The van der Waals surface area contributed by atoms with Crippen molar-refractivity contribution in [3.63, 3.8) is 0 Å². The Bertz CT molecular complexity index is 1130. The normalized spacial score (nSPS) is 11.6. The molecule has 0 unspecified atom stereocenters. The van der Waals surface area contributed by atoms with Gasteiger partial charge in [0.1, 0.15) is 5.52 Å². The summed E-state index contributed by atoms with van der Waals surface area (Å²) in [6.07, 6.45) is 4.49. The number of aromatic amines is 1. The number of nitrogens with one attached hydrogen (secondary N) is 1. The maximum absolute atomic E-state index is 12.9. The first-order chi connectivity index (χ1) is 12.1. The van der Waals surface area contributed by atoms with Gasteiger partial charge in [-0.05, 0) is 32.0 Å². The zero-order chi connectivity index (χ0) is 17.6. The molecule has 7 heteroatoms. The molecule has 0 aliphatic carbocycles. The summed E-state index contributed by atoms with van der Waals surface area (Å²) in [6, 6.07) is 6.02. The lowest BCUT2D eigenvalue weighted by Crippen LogP contribution is -2.22. The molecule has 0 radical (unpaired) electrons. The number of fused-ring (bicyclic) bond motifs is 3. The van der Waals surface area contributed by atoms with E-state index >= 15 is 0 Å². The first-order valence-electron chi connectivity index (χ1n) is 8.30. The van der Waals surface area contributed by atoms with Crippen molar-refractivity contribution in [2.45, 2.75) is 19.9 Å². The van der Waals surface area contributed by atoms with Gasteiger partial charge < -0.3 is 14.9 Å². The summed E-state index contributed by atoms with van der Waals surface area (Å²) >= 11 is 0. The van der Waals surface area contributed by atoms with E-state index in [4.69, 9.17) is 5.73 Å². The average molecular weight is 336 g/mol. The van der Waals surface area contributed by atoms with Crippen molar-refractivity contribution < 1.29 is 0 Å². The van der Waals surface area contributed by atoms with Crippen LogP contribution in [0.15, 0.2) is 35.5 Å². The van der Waals surface area contributed by atoms with Crippen molar-refractivity contribution in [3.8, 4) is 11.3 Å². The second-order valence-electron chi connectivity index (χ2n) is 6.33. The van der Waals surface area contributed by atoms with Crippen LogP contribution in [0, 0.1) is 6.92 Å². The number of hydrogen-bond donors (Lipinski definition) is 2. The number of rotatable bonds is 4. The van der Waals surface area contributed by atoms with Gasteiger partial charge in [0.15, 0.2) is 0 Å². The highest BCUT2D eigenvalue weighted by atomic mass is 16.1. The monoisotopic (exact) mass is 336 g/mol. The number of aromatic nitrogens is 5. The third-order valence-electron chi connectivity index (χ3n) is 4.54. The van der Waals surface area contributed by atoms with Crippen molar-refractivity contribution in [2.75, 3.05) is 6.54 Å². The minimum atomic E-state index is -0.0206. The van der Waals surface area contributed by atoms with Crippen LogP contribution in [0.5, 0.6) is 0 Å². The number of nitrogens with two attached hydrogens (primary N) is 1. The predicted molar refractivity (Wildman–Crippen MR) is 98.5 cm³/mol. The van der Waals surface area contributed by atoms with Crippen LogP contribution in [0.3, 0.4) is 0 Å². The van der Waals surface area contributed by atoms with Gasteiger partial charge in [-0.3, -0.25) is 9.89 Å². The van der Waals surface area contributed by atoms with Crippen molar-refractivity contribution in [2.24, 2.45) is 12.8 Å². The molecule has 0 saturated heterocycles. The van der Waals surface area contributed by atoms with Crippen LogP contribution in [0.25, 0.3) is 33.1 Å². The van der Waals surface area contributed by atoms with E-state index in [0.29, 0.717) is 24.0 Å². The molecule has 1 aromatic carbocycles. The number of benzene rings is 1. The van der Waals surface area contributed by atoms with Gasteiger partial charge in [0.2, 0.25) is 0 Å². The highest BCUT2D eigenvalue weighted by Crippen LogP contribution is 2.27. The molecule has 0 amide bonds. The molecule has 0 bridgehead atoms. The molecule has 128 valence electrons. The average Bonchev–Trinajstić information content (AvgIpc) is 3.21. The molecule has 3 aromatic heterocycles. The van der Waals surface area contributed by atoms with E-state index in [1.54, 1.807) is 10.9 Å². The van der Waals surface area contributed by atoms with E-state index in [9.17, 15) is 4.79 Å². The quantitative estimate of drug-likeness (QED) is 0.595. The van der Waals surface area contributed by atoms with E-state index < -0.39 is 0 Å². The molecule has 0 aliphatic rings. The van der Waals surface area contributed by atoms with Crippen LogP contribution in [-0.2, 0) is 13.6 Å². The predicted octanol–water partition coefficient (Wildman–Crippen LogP) is 1.94. The van der Waals surface area contributed by atoms with Gasteiger partial charge in [-0.15, -0.1) is 0 Å². The van der Waals surface area contributed by atoms with Crippen LogP contribution >= 0.6 is 0 Å². The summed E-state index contributed by atoms with van der Waals surface area (Å²) < 4.78 is 3.71. The van der Waals surface area contributed by atoms with Gasteiger partial charge in [-0.2, -0.15) is 5.10 Å². The zero-order valence-electron chi connectivity index (χ0n) is 14.3. The Hall–Kier alpha value is -2.93. The van der Waals surface area contributed by atoms with Gasteiger partial charge in [0, 0.05) is 36.4 Å². The van der Waals surface area contributed by atoms with Crippen molar-refractivity contribution >= 4 is 21.8 Å². The summed E-state index contributed by atoms with van der Waals surface area (Å²) in [6.45, 7) is 3.01. The van der Waals surface area contributed by atoms with Crippen molar-refractivity contribution in [3.05, 3.63) is 46.8 Å². The van der Waals surface area contributed by atoms with Crippen LogP contribution in [0.2, 0.25) is 0 Å². The molecule has 25 heavy (non-hydrogen) atoms. The second-order valence-corrected chi connectivity index (χ2v) is 6.33. The summed E-state index contributed by atoms with van der Waals surface area (Å²) in [5.74, 6) is 0. The molecule has 0 fully saturated rings. The van der Waals surface area contributed by atoms with Crippen molar-refractivity contribution in [1.82, 2.24) is 24.3 Å². The first-order valence-corrected chi connectivity index (χ1v) is 8.30. The maximum atomic E-state index is 12.9. The Kier molecular flexibility index (Phi) is 3.65. The molecule has 4 rings (SSSR count). The highest BCUT2D eigenvalue weighted by Gasteiger charge is 2.16. The minimum absolute atomic E-state index is 0.0206. The first kappa shape index (κ1) is 15.6. The lowest BCUT2D eigenvalue weighted by Gasteiger charge is -2.11. The third-order valence-corrected chi connectivity index (χ3v) is 4.54. The van der Waals surface area contributed by atoms with Crippen LogP contribution in [-0.4, -0.2) is 30.9 Å². The summed E-state index contributed by atoms with van der Waals surface area (Å²) in [5.41, 5.74) is 9.89. The SMILES string of the molecule is Cc1[nH]nc2c1c(=O)n(CCCN)c1ccc(-c3cn(C)cn3)cc21. The lowest BCUT2D eigenvalue weighted by atomic mass is 10.1. The van der Waals surface area contributed by atoms with Crippen molar-refractivity contribution in [1.29, 1.82) is 0 Å². The molecule has 3 N–H and O–H groups in total. The molecule has 7 nitrogen and oxygen atoms in total. The minimum Gasteiger partial charge on any atom is -0.340 e. The molecule has 0 atom stereocenters. The molecule has 0 spiro atoms. The van der Waals surface area contributed by atoms with Crippen LogP contribution < -0.4 is 11.3 Å². The number of imidazole rings is 1. The number of nitrogens with zero attached hydrogens (tertiary/aromatic N) is 4. The standard InChI is InChI=1S/C18H20N6O/c1-11-16-17(22-21-11)13-8-12(14-9-23(2)10-20-14)4-5-15(13)24(18(16)25)7-3-6-19/h4-5,8-10H,3,6-7,19H2,1-2H3,(H,21,22). The Morgan fingerprint density at radius 2 is 2.16 bits per heavy atom. The highest BCUT2D eigenvalue weighted by molar-refractivity contribution is 6.05. The maximum Gasteiger partial charge on any atom is 0.262 e. The smallest absolute Gasteiger partial charge is 0.262 e. The fourth-order valence-electron chi connectivity index (χ4n) is 3.28. The fraction of sp³-hybridized carbons (Fsp3) is 0.278. The van der Waals surface area contributed by atoms with E-state index in [0.717, 1.165) is 34.3 Å². The Morgan fingerprint density at radius 3 is 2.88 bits per heavy atom. The van der Waals surface area contributed by atoms with Gasteiger partial charge in [0.05, 0.1) is 22.9 Å². The van der Waals surface area contributed by atoms with Gasteiger partial charge in [-0.1, -0.05) is 6.07 Å². The van der Waals surface area contributed by atoms with Crippen LogP contribution in [0.1, 0.15) is 12.1 Å². The van der Waals surface area contributed by atoms with E-state index in [2.05, 4.69) is 21.2 Å². The largest absolute Gasteiger partial charge is 0.340 e. The third kappa shape index (κ3) is 2.44. The van der Waals surface area contributed by atoms with E-state index in [1.807, 2.05) is 36.9 Å². The topological polar surface area (TPSA) is 94.5 Å². The number of H-pyrrole nitrogens is 1. The van der Waals surface area contributed by atoms with Gasteiger partial charge in [0.25, 0.3) is 5.56 Å². The van der Waals surface area contributed by atoms with E-state index in [-0.39, 0.29) is 5.56 Å². The molecule has 0 saturated carbocycles. The van der Waals surface area contributed by atoms with Crippen LogP contribution in [0.4, 0.5) is 0 Å². The number of pyridine rings is 1. The van der Waals surface area contributed by atoms with Gasteiger partial charge in [-0.25, -0.2) is 4.98 Å². The number of aryl methyl sites for hydroxylation is 3. The fourth-order valence-corrected chi connectivity index (χ4v) is 3.28. The number of hydrogen-bond acceptors (Lipinski definition) is 4. The Labute approximate surface area is 144 Å². The molecular formula is C18H20N6O. The second kappa shape index (κ2) is 5.86. The summed E-state index contributed by atoms with van der Waals surface area (Å²) in [7, 11) is 1.94. The summed E-state index contributed by atoms with van der Waals surface area (Å²) in [5, 5.41) is 8.91. The molecular weight excluding hydrogens is 316 g/mol. The molecule has 3 heterocycles. The summed E-state index contributed by atoms with van der Waals surface area (Å²) in [4.78, 5) is 17.4. The molecule has 0 aliphatic heterocycles. The Morgan fingerprint density at radius 1 is 1.32 bits per heavy atom. The molecule has 4 aromatic rings. The Balaban J connectivity index is 2.05.